The summed E-state index contributed by atoms with van der Waals surface area (Å²) in [6, 6.07) is 0.545. The minimum Gasteiger partial charge on any atom is -0.374 e. The zero-order valence-corrected chi connectivity index (χ0v) is 41.1. The van der Waals surface area contributed by atoms with E-state index < -0.39 is 0 Å². The quantitative estimate of drug-likeness (QED) is 0.178. The van der Waals surface area contributed by atoms with Crippen LogP contribution in [0.3, 0.4) is 0 Å². The number of nitrogens with zero attached hydrogens (tertiary/aromatic N) is 14. The Bertz CT molecular complexity index is 2310. The van der Waals surface area contributed by atoms with Crippen LogP contribution in [0.4, 0.5) is 45.5 Å². The van der Waals surface area contributed by atoms with Gasteiger partial charge in [-0.2, -0.15) is 0 Å². The molecule has 0 amide bonds. The maximum atomic E-state index is 6.06. The summed E-state index contributed by atoms with van der Waals surface area (Å²) in [5.74, 6) is 13.2. The second-order valence-electron chi connectivity index (χ2n) is 23.7. The van der Waals surface area contributed by atoms with Gasteiger partial charge >= 0.3 is 0 Å². The van der Waals surface area contributed by atoms with E-state index in [9.17, 15) is 0 Å². The average Bonchev–Trinajstić information content (AvgIpc) is 4.10. The molecular formula is C50H70N14. The third kappa shape index (κ3) is 4.78. The second-order valence-corrected chi connectivity index (χ2v) is 23.7. The SMILES string of the molecule is CN(C)c1c(N(C)C)c1=NC(=NC1[C@H]2C3C4[C@H]5C[C@H]6C7C([C@@H]8C(N=C(N=c9c(N(C)C)c9N(C)C)N=c9c(N(C)C)c9N(C)C)[C@H]3[C@H]3[C@@H]8[C@@H]7C[C@@H]43)[C@@H]1[C@H]6[C@@H]25)N=c1c(N(C)C)c1N(C)C. The molecule has 0 aromatic heterocycles. The molecule has 0 N–H and O–H groups in total. The normalized spacial score (nSPS) is 38.8. The van der Waals surface area contributed by atoms with Crippen LogP contribution >= 0.6 is 0 Å². The van der Waals surface area contributed by atoms with Gasteiger partial charge in [-0.15, -0.1) is 0 Å². The molecule has 6 unspecified atom stereocenters. The van der Waals surface area contributed by atoms with Crippen LogP contribution in [0.15, 0.2) is 30.0 Å². The predicted octanol–water partition coefficient (Wildman–Crippen LogP) is 2.63. The highest BCUT2D eigenvalue weighted by Gasteiger charge is 2.88. The molecular weight excluding hydrogens is 797 g/mol. The summed E-state index contributed by atoms with van der Waals surface area (Å²) in [4.78, 5) is 51.7. The Morgan fingerprint density at radius 2 is 0.484 bits per heavy atom. The minimum absolute atomic E-state index is 0.273. The van der Waals surface area contributed by atoms with Crippen molar-refractivity contribution in [2.75, 3.05) is 152 Å². The summed E-state index contributed by atoms with van der Waals surface area (Å²) >= 11 is 0. The van der Waals surface area contributed by atoms with Crippen LogP contribution in [0.25, 0.3) is 0 Å². The lowest BCUT2D eigenvalue weighted by atomic mass is 9.65. The molecule has 0 heterocycles. The molecule has 9 aliphatic carbocycles. The van der Waals surface area contributed by atoms with Crippen LogP contribution in [0.5, 0.6) is 0 Å². The Morgan fingerprint density at radius 3 is 0.672 bits per heavy atom. The first kappa shape index (κ1) is 39.7. The maximum absolute atomic E-state index is 6.06. The van der Waals surface area contributed by atoms with E-state index in [-0.39, 0.29) is 12.1 Å². The summed E-state index contributed by atoms with van der Waals surface area (Å²) in [5.41, 5.74) is 9.57. The highest BCUT2D eigenvalue weighted by atomic mass is 15.3. The molecule has 0 aliphatic heterocycles. The first-order valence-electron chi connectivity index (χ1n) is 24.3. The molecule has 14 heteroatoms. The van der Waals surface area contributed by atoms with E-state index >= 15 is 0 Å². The highest BCUT2D eigenvalue weighted by molar-refractivity contribution is 5.94. The molecule has 10 bridgehead atoms. The second kappa shape index (κ2) is 12.6. The molecule has 18 atom stereocenters. The van der Waals surface area contributed by atoms with Gasteiger partial charge in [0.05, 0.1) is 57.6 Å². The van der Waals surface area contributed by atoms with Gasteiger partial charge in [-0.1, -0.05) is 0 Å². The van der Waals surface area contributed by atoms with E-state index in [1.54, 1.807) is 0 Å². The molecule has 0 spiro atoms. The first-order chi connectivity index (χ1) is 30.4. The molecule has 0 saturated heterocycles. The van der Waals surface area contributed by atoms with E-state index in [0.717, 1.165) is 80.6 Å². The summed E-state index contributed by atoms with van der Waals surface area (Å²) in [6.07, 6.45) is 2.99. The van der Waals surface area contributed by atoms with Gasteiger partial charge in [-0.05, 0) is 108 Å². The lowest BCUT2D eigenvalue weighted by molar-refractivity contribution is 0.0821. The van der Waals surface area contributed by atoms with Crippen molar-refractivity contribution in [2.45, 2.75) is 24.9 Å². The molecule has 9 aliphatic rings. The van der Waals surface area contributed by atoms with E-state index in [2.05, 4.69) is 152 Å². The molecule has 13 rings (SSSR count). The third-order valence-electron chi connectivity index (χ3n) is 19.4. The third-order valence-corrected chi connectivity index (χ3v) is 19.4. The van der Waals surface area contributed by atoms with Crippen molar-refractivity contribution in [2.24, 2.45) is 125 Å². The zero-order chi connectivity index (χ0) is 44.8. The molecule has 9 fully saturated rings. The van der Waals surface area contributed by atoms with Crippen molar-refractivity contribution in [1.82, 2.24) is 0 Å². The lowest BCUT2D eigenvalue weighted by Gasteiger charge is -2.42. The Labute approximate surface area is 379 Å². The summed E-state index contributed by atoms with van der Waals surface area (Å²) < 4.78 is 0. The average molecular weight is 867 g/mol. The topological polar surface area (TPSA) is 100 Å². The van der Waals surface area contributed by atoms with Gasteiger partial charge < -0.3 is 39.2 Å². The molecule has 340 valence electrons. The Morgan fingerprint density at radius 1 is 0.281 bits per heavy atom. The van der Waals surface area contributed by atoms with Crippen molar-refractivity contribution in [3.05, 3.63) is 21.4 Å². The fourth-order valence-corrected chi connectivity index (χ4v) is 18.5. The van der Waals surface area contributed by atoms with Gasteiger partial charge in [0.2, 0.25) is 11.9 Å². The van der Waals surface area contributed by atoms with Crippen molar-refractivity contribution in [3.8, 4) is 0 Å². The van der Waals surface area contributed by atoms with Crippen LogP contribution in [0, 0.1) is 94.7 Å². The largest absolute Gasteiger partial charge is 0.374 e. The van der Waals surface area contributed by atoms with E-state index in [0.29, 0.717) is 47.4 Å². The highest BCUT2D eigenvalue weighted by Crippen LogP contribution is 2.89. The summed E-state index contributed by atoms with van der Waals surface area (Å²) in [7, 11) is 34.1. The Balaban J connectivity index is 0.988. The smallest absolute Gasteiger partial charge is 0.246 e. The van der Waals surface area contributed by atoms with E-state index in [1.807, 2.05) is 0 Å². The van der Waals surface area contributed by atoms with Gasteiger partial charge in [-0.25, -0.2) is 30.0 Å². The van der Waals surface area contributed by atoms with Gasteiger partial charge in [0.1, 0.15) is 21.4 Å². The maximum Gasteiger partial charge on any atom is 0.246 e. The van der Waals surface area contributed by atoms with Crippen LogP contribution < -0.4 is 60.6 Å². The number of hydrogen-bond acceptors (Lipinski definition) is 10. The van der Waals surface area contributed by atoms with Gasteiger partial charge in [0.25, 0.3) is 0 Å². The number of guanidine groups is 2. The summed E-state index contributed by atoms with van der Waals surface area (Å²) in [5, 5.41) is 4.16. The monoisotopic (exact) mass is 867 g/mol. The number of fused-ring (bicyclic) bond motifs is 4. The van der Waals surface area contributed by atoms with E-state index in [1.165, 1.54) is 58.3 Å². The Kier molecular flexibility index (Phi) is 7.84. The predicted molar refractivity (Wildman–Crippen MR) is 260 cm³/mol. The standard InChI is InChI=1S/C50H70N14/c1-57(2)41-37(42(41)58(3)4)53-49(54-38-43(59(5)6)44(38)60(7)8)51-35-31-25-19-17-20-24-22-18-21-23(19)29(31)33-27(21)28(22)34(30(24)32(35)26(20)25)36(33)52-50(55-39-45(61(9)10)46(39)62(11)12)56-40-47(63(13)14)48(40)64(15)16/h19-36H,17-18H2,1-16H3/t19-,20+,21+,22-,23?,24?,25+,26-,27-,28+,29?,30?,31-,32+,33+,34-,35?,36?. The molecule has 4 aromatic rings. The molecule has 64 heavy (non-hydrogen) atoms. The molecule has 9 saturated carbocycles. The van der Waals surface area contributed by atoms with Gasteiger partial charge in [0, 0.05) is 113 Å². The number of aliphatic imine (C=N–C) groups is 2. The fourth-order valence-electron chi connectivity index (χ4n) is 18.5. The number of rotatable bonds is 10. The van der Waals surface area contributed by atoms with Crippen molar-refractivity contribution < 1.29 is 0 Å². The van der Waals surface area contributed by atoms with Crippen LogP contribution in [0.1, 0.15) is 12.8 Å². The Hall–Kier alpha value is -4.62. The zero-order valence-electron chi connectivity index (χ0n) is 41.1. The van der Waals surface area contributed by atoms with Crippen molar-refractivity contribution in [1.29, 1.82) is 0 Å². The molecule has 14 nitrogen and oxygen atoms in total. The van der Waals surface area contributed by atoms with Gasteiger partial charge in [-0.3, -0.25) is 0 Å². The molecule has 0 radical (unpaired) electrons. The molecule has 4 aromatic carbocycles. The minimum atomic E-state index is 0.273. The first-order valence-corrected chi connectivity index (χ1v) is 24.3. The van der Waals surface area contributed by atoms with Crippen LogP contribution in [-0.2, 0) is 0 Å². The number of anilines is 8. The van der Waals surface area contributed by atoms with Crippen LogP contribution in [-0.4, -0.2) is 137 Å². The van der Waals surface area contributed by atoms with E-state index in [4.69, 9.17) is 30.0 Å². The van der Waals surface area contributed by atoms with Crippen molar-refractivity contribution in [3.63, 3.8) is 0 Å². The fraction of sp³-hybridized carbons (Fsp3) is 0.720. The van der Waals surface area contributed by atoms with Crippen molar-refractivity contribution >= 4 is 57.4 Å². The number of hydrogen-bond donors (Lipinski definition) is 0. The lowest BCUT2D eigenvalue weighted by Crippen LogP contribution is -2.43. The van der Waals surface area contributed by atoms with Crippen LogP contribution in [0.2, 0.25) is 0 Å². The van der Waals surface area contributed by atoms with Gasteiger partial charge in [0.15, 0.2) is 0 Å². The summed E-state index contributed by atoms with van der Waals surface area (Å²) in [6.45, 7) is 0.